The van der Waals surface area contributed by atoms with Gasteiger partial charge in [-0.15, -0.1) is 0 Å². The number of nitrogens with one attached hydrogen (secondary N) is 2. The second kappa shape index (κ2) is 5.88. The minimum Gasteiger partial charge on any atom is -0.459 e. The van der Waals surface area contributed by atoms with Crippen LogP contribution < -0.4 is 5.32 Å². The Hall–Kier alpha value is -3.02. The molecule has 3 heterocycles. The van der Waals surface area contributed by atoms with Gasteiger partial charge in [0.2, 0.25) is 5.91 Å². The van der Waals surface area contributed by atoms with Gasteiger partial charge >= 0.3 is 0 Å². The molecular weight excluding hydrogens is 306 g/mol. The third-order valence-electron chi connectivity index (χ3n) is 4.38. The Morgan fingerprint density at radius 1 is 1.21 bits per heavy atom. The van der Waals surface area contributed by atoms with Gasteiger partial charge in [0.25, 0.3) is 5.91 Å². The topological polar surface area (TPSA) is 78.3 Å². The molecule has 1 aromatic carbocycles. The van der Waals surface area contributed by atoms with Crippen LogP contribution in [0.1, 0.15) is 21.8 Å². The highest BCUT2D eigenvalue weighted by Gasteiger charge is 2.24. The summed E-state index contributed by atoms with van der Waals surface area (Å²) in [5.74, 6) is -0.260. The Labute approximate surface area is 138 Å². The van der Waals surface area contributed by atoms with Crippen molar-refractivity contribution < 1.29 is 14.0 Å². The van der Waals surface area contributed by atoms with Crippen LogP contribution in [0, 0.1) is 0 Å². The summed E-state index contributed by atoms with van der Waals surface area (Å²) < 4.78 is 5.02. The number of amides is 2. The van der Waals surface area contributed by atoms with Gasteiger partial charge in [-0.1, -0.05) is 18.2 Å². The van der Waals surface area contributed by atoms with Crippen molar-refractivity contribution in [1.29, 1.82) is 0 Å². The highest BCUT2D eigenvalue weighted by atomic mass is 16.3. The largest absolute Gasteiger partial charge is 0.459 e. The molecule has 0 atom stereocenters. The molecule has 4 rings (SSSR count). The van der Waals surface area contributed by atoms with Crippen LogP contribution in [-0.2, 0) is 17.8 Å². The minimum atomic E-state index is -0.377. The van der Waals surface area contributed by atoms with Crippen molar-refractivity contribution >= 4 is 22.7 Å². The van der Waals surface area contributed by atoms with Crippen LogP contribution in [0.15, 0.2) is 47.1 Å². The molecule has 2 amide bonds. The summed E-state index contributed by atoms with van der Waals surface area (Å²) in [6, 6.07) is 11.3. The average Bonchev–Trinajstić information content (AvgIpc) is 3.26. The number of rotatable bonds is 3. The van der Waals surface area contributed by atoms with E-state index in [1.165, 1.54) is 17.5 Å². The van der Waals surface area contributed by atoms with Crippen LogP contribution in [-0.4, -0.2) is 34.8 Å². The van der Waals surface area contributed by atoms with E-state index in [4.69, 9.17) is 4.42 Å². The summed E-state index contributed by atoms with van der Waals surface area (Å²) in [7, 11) is 0. The Morgan fingerprint density at radius 2 is 2.08 bits per heavy atom. The zero-order valence-corrected chi connectivity index (χ0v) is 13.0. The zero-order chi connectivity index (χ0) is 16.5. The van der Waals surface area contributed by atoms with E-state index in [1.807, 2.05) is 18.2 Å². The lowest BCUT2D eigenvalue weighted by atomic mass is 10.0. The normalized spacial score (nSPS) is 13.8. The lowest BCUT2D eigenvalue weighted by Crippen LogP contribution is -2.42. The fourth-order valence-electron chi connectivity index (χ4n) is 3.14. The molecule has 122 valence electrons. The van der Waals surface area contributed by atoms with Crippen LogP contribution in [0.5, 0.6) is 0 Å². The van der Waals surface area contributed by atoms with E-state index >= 15 is 0 Å². The minimum absolute atomic E-state index is 0.0305. The van der Waals surface area contributed by atoms with Crippen molar-refractivity contribution in [2.45, 2.75) is 13.0 Å². The highest BCUT2D eigenvalue weighted by Crippen LogP contribution is 2.27. The van der Waals surface area contributed by atoms with E-state index in [-0.39, 0.29) is 24.1 Å². The standard InChI is InChI=1S/C18H17N3O3/c22-17(10-19-18(23)16-6-3-9-24-16)21-8-7-15-13(11-21)12-4-1-2-5-14(12)20-15/h1-6,9,20H,7-8,10-11H2,(H,19,23). The number of fused-ring (bicyclic) bond motifs is 3. The number of aromatic amines is 1. The van der Waals surface area contributed by atoms with Crippen LogP contribution in [0.4, 0.5) is 0 Å². The van der Waals surface area contributed by atoms with E-state index in [0.29, 0.717) is 13.1 Å². The number of hydrogen-bond donors (Lipinski definition) is 2. The van der Waals surface area contributed by atoms with Gasteiger partial charge in [-0.2, -0.15) is 0 Å². The molecule has 1 aliphatic heterocycles. The number of carbonyl (C=O) groups is 2. The van der Waals surface area contributed by atoms with Gasteiger partial charge in [-0.3, -0.25) is 9.59 Å². The Kier molecular flexibility index (Phi) is 3.57. The van der Waals surface area contributed by atoms with E-state index in [1.54, 1.807) is 17.0 Å². The average molecular weight is 323 g/mol. The van der Waals surface area contributed by atoms with E-state index < -0.39 is 0 Å². The predicted octanol–water partition coefficient (Wildman–Crippen LogP) is 2.08. The van der Waals surface area contributed by atoms with Gasteiger partial charge < -0.3 is 19.6 Å². The highest BCUT2D eigenvalue weighted by molar-refractivity contribution is 5.94. The first-order valence-electron chi connectivity index (χ1n) is 7.90. The second-order valence-corrected chi connectivity index (χ2v) is 5.85. The van der Waals surface area contributed by atoms with Crippen molar-refractivity contribution in [3.8, 4) is 0 Å². The van der Waals surface area contributed by atoms with Crippen molar-refractivity contribution in [2.75, 3.05) is 13.1 Å². The maximum atomic E-state index is 12.4. The predicted molar refractivity (Wildman–Crippen MR) is 88.5 cm³/mol. The molecule has 0 radical (unpaired) electrons. The quantitative estimate of drug-likeness (QED) is 0.774. The smallest absolute Gasteiger partial charge is 0.287 e. The van der Waals surface area contributed by atoms with Crippen LogP contribution in [0.2, 0.25) is 0 Å². The Morgan fingerprint density at radius 3 is 2.92 bits per heavy atom. The lowest BCUT2D eigenvalue weighted by Gasteiger charge is -2.27. The molecule has 6 nitrogen and oxygen atoms in total. The van der Waals surface area contributed by atoms with Gasteiger partial charge in [0.1, 0.15) is 0 Å². The summed E-state index contributed by atoms with van der Waals surface area (Å²) in [6.45, 7) is 1.18. The molecular formula is C18H17N3O3. The molecule has 0 fully saturated rings. The van der Waals surface area contributed by atoms with Crippen molar-refractivity contribution in [1.82, 2.24) is 15.2 Å². The fourth-order valence-corrected chi connectivity index (χ4v) is 3.14. The number of furan rings is 1. The molecule has 1 aliphatic rings. The number of carbonyl (C=O) groups excluding carboxylic acids is 2. The molecule has 2 aromatic heterocycles. The summed E-state index contributed by atoms with van der Waals surface area (Å²) in [6.07, 6.45) is 2.22. The van der Waals surface area contributed by atoms with E-state index in [9.17, 15) is 9.59 Å². The van der Waals surface area contributed by atoms with Crippen molar-refractivity contribution in [2.24, 2.45) is 0 Å². The maximum absolute atomic E-state index is 12.4. The number of benzene rings is 1. The lowest BCUT2D eigenvalue weighted by molar-refractivity contribution is -0.131. The Balaban J connectivity index is 1.44. The first-order valence-corrected chi connectivity index (χ1v) is 7.90. The third-order valence-corrected chi connectivity index (χ3v) is 4.38. The summed E-state index contributed by atoms with van der Waals surface area (Å²) in [5.41, 5.74) is 3.46. The molecule has 0 unspecified atom stereocenters. The van der Waals surface area contributed by atoms with Crippen molar-refractivity contribution in [3.63, 3.8) is 0 Å². The van der Waals surface area contributed by atoms with Gasteiger partial charge in [0.15, 0.2) is 5.76 Å². The summed E-state index contributed by atoms with van der Waals surface area (Å²) in [4.78, 5) is 29.5. The SMILES string of the molecule is O=C(NCC(=O)N1CCc2[nH]c3ccccc3c2C1)c1ccco1. The molecule has 6 heteroatoms. The van der Waals surface area contributed by atoms with Crippen molar-refractivity contribution in [3.05, 3.63) is 59.7 Å². The maximum Gasteiger partial charge on any atom is 0.287 e. The zero-order valence-electron chi connectivity index (χ0n) is 13.0. The van der Waals surface area contributed by atoms with Crippen LogP contribution in [0.3, 0.4) is 0 Å². The number of nitrogens with zero attached hydrogens (tertiary/aromatic N) is 1. The third kappa shape index (κ3) is 2.56. The summed E-state index contributed by atoms with van der Waals surface area (Å²) in [5, 5.41) is 3.76. The van der Waals surface area contributed by atoms with Crippen LogP contribution in [0.25, 0.3) is 10.9 Å². The molecule has 3 aromatic rings. The molecule has 0 saturated heterocycles. The second-order valence-electron chi connectivity index (χ2n) is 5.85. The number of para-hydroxylation sites is 1. The van der Waals surface area contributed by atoms with Crippen LogP contribution >= 0.6 is 0 Å². The molecule has 0 spiro atoms. The number of aromatic nitrogens is 1. The fraction of sp³-hybridized carbons (Fsp3) is 0.222. The number of hydrogen-bond acceptors (Lipinski definition) is 3. The van der Waals surface area contributed by atoms with E-state index in [2.05, 4.69) is 16.4 Å². The first kappa shape index (κ1) is 14.6. The Bertz CT molecular complexity index is 896. The summed E-state index contributed by atoms with van der Waals surface area (Å²) >= 11 is 0. The molecule has 24 heavy (non-hydrogen) atoms. The first-order chi connectivity index (χ1) is 11.7. The van der Waals surface area contributed by atoms with E-state index in [0.717, 1.165) is 17.3 Å². The molecule has 0 saturated carbocycles. The monoisotopic (exact) mass is 323 g/mol. The molecule has 2 N–H and O–H groups in total. The number of H-pyrrole nitrogens is 1. The van der Waals surface area contributed by atoms with Gasteiger partial charge in [0, 0.05) is 41.7 Å². The van der Waals surface area contributed by atoms with Gasteiger partial charge in [-0.05, 0) is 18.2 Å². The van der Waals surface area contributed by atoms with Gasteiger partial charge in [0.05, 0.1) is 12.8 Å². The molecule has 0 aliphatic carbocycles. The molecule has 0 bridgehead atoms. The van der Waals surface area contributed by atoms with Gasteiger partial charge in [-0.25, -0.2) is 0 Å².